The monoisotopic (exact) mass is 314 g/mol. The van der Waals surface area contributed by atoms with E-state index in [2.05, 4.69) is 29.6 Å². The van der Waals surface area contributed by atoms with Crippen LogP contribution in [0.1, 0.15) is 37.2 Å². The number of carbonyl (C=O) groups is 2. The maximum absolute atomic E-state index is 12.6. The molecular weight excluding hydrogens is 292 g/mol. The van der Waals surface area contributed by atoms with E-state index in [1.807, 2.05) is 18.0 Å². The SMILES string of the molecule is CN(C(=O)[C@H]1C[C@]2(COC(=O)N2)C1)[C@H]1C[C@@H](c2ccccc2)C1. The Morgan fingerprint density at radius 2 is 1.96 bits per heavy atom. The van der Waals surface area contributed by atoms with Crippen molar-refractivity contribution in [2.75, 3.05) is 13.7 Å². The molecule has 2 aliphatic carbocycles. The van der Waals surface area contributed by atoms with Gasteiger partial charge in [-0.3, -0.25) is 4.79 Å². The Hall–Kier alpha value is -2.04. The zero-order valence-electron chi connectivity index (χ0n) is 13.3. The molecule has 0 aromatic heterocycles. The average Bonchev–Trinajstić information content (AvgIpc) is 2.87. The topological polar surface area (TPSA) is 58.6 Å². The van der Waals surface area contributed by atoms with Gasteiger partial charge in [-0.1, -0.05) is 30.3 Å². The largest absolute Gasteiger partial charge is 0.447 e. The zero-order valence-corrected chi connectivity index (χ0v) is 13.3. The predicted octanol–water partition coefficient (Wildman–Crippen LogP) is 2.28. The minimum Gasteiger partial charge on any atom is -0.447 e. The van der Waals surface area contributed by atoms with Gasteiger partial charge in [0.15, 0.2) is 0 Å². The normalized spacial score (nSPS) is 35.0. The highest BCUT2D eigenvalue weighted by Crippen LogP contribution is 2.44. The van der Waals surface area contributed by atoms with Crippen molar-refractivity contribution >= 4 is 12.0 Å². The summed E-state index contributed by atoms with van der Waals surface area (Å²) < 4.78 is 4.97. The van der Waals surface area contributed by atoms with E-state index in [0.29, 0.717) is 31.4 Å². The molecule has 122 valence electrons. The van der Waals surface area contributed by atoms with Crippen LogP contribution >= 0.6 is 0 Å². The van der Waals surface area contributed by atoms with E-state index in [-0.39, 0.29) is 23.5 Å². The number of amides is 2. The average molecular weight is 314 g/mol. The molecule has 1 N–H and O–H groups in total. The van der Waals surface area contributed by atoms with Crippen molar-refractivity contribution in [1.82, 2.24) is 10.2 Å². The number of hydrogen-bond donors (Lipinski definition) is 1. The first-order valence-electron chi connectivity index (χ1n) is 8.33. The molecule has 5 nitrogen and oxygen atoms in total. The lowest BCUT2D eigenvalue weighted by molar-refractivity contribution is -0.143. The van der Waals surface area contributed by atoms with E-state index in [9.17, 15) is 9.59 Å². The molecule has 1 aromatic rings. The molecule has 1 aliphatic heterocycles. The third-order valence-corrected chi connectivity index (χ3v) is 5.75. The zero-order chi connectivity index (χ0) is 16.0. The first kappa shape index (κ1) is 14.5. The van der Waals surface area contributed by atoms with Crippen molar-refractivity contribution in [3.63, 3.8) is 0 Å². The molecular formula is C18H22N2O3. The molecule has 1 saturated heterocycles. The van der Waals surface area contributed by atoms with Crippen LogP contribution in [-0.2, 0) is 9.53 Å². The third-order valence-electron chi connectivity index (χ3n) is 5.75. The molecule has 0 bridgehead atoms. The van der Waals surface area contributed by atoms with Crippen LogP contribution in [0.15, 0.2) is 30.3 Å². The van der Waals surface area contributed by atoms with Crippen LogP contribution in [0.5, 0.6) is 0 Å². The molecule has 3 fully saturated rings. The van der Waals surface area contributed by atoms with Crippen molar-refractivity contribution in [1.29, 1.82) is 0 Å². The molecule has 0 radical (unpaired) electrons. The van der Waals surface area contributed by atoms with Gasteiger partial charge in [0.05, 0.1) is 5.54 Å². The summed E-state index contributed by atoms with van der Waals surface area (Å²) in [6, 6.07) is 10.9. The van der Waals surface area contributed by atoms with Crippen molar-refractivity contribution in [3.8, 4) is 0 Å². The van der Waals surface area contributed by atoms with Crippen LogP contribution in [0.2, 0.25) is 0 Å². The van der Waals surface area contributed by atoms with E-state index < -0.39 is 0 Å². The van der Waals surface area contributed by atoms with Crippen molar-refractivity contribution in [2.24, 2.45) is 5.92 Å². The first-order valence-corrected chi connectivity index (χ1v) is 8.33. The van der Waals surface area contributed by atoms with Gasteiger partial charge in [0.1, 0.15) is 6.61 Å². The molecule has 23 heavy (non-hydrogen) atoms. The van der Waals surface area contributed by atoms with Crippen molar-refractivity contribution in [2.45, 2.75) is 43.2 Å². The molecule has 5 heteroatoms. The van der Waals surface area contributed by atoms with Crippen LogP contribution < -0.4 is 5.32 Å². The summed E-state index contributed by atoms with van der Waals surface area (Å²) in [5.74, 6) is 0.817. The smallest absolute Gasteiger partial charge is 0.407 e. The molecule has 0 unspecified atom stereocenters. The summed E-state index contributed by atoms with van der Waals surface area (Å²) >= 11 is 0. The van der Waals surface area contributed by atoms with Crippen LogP contribution in [0.25, 0.3) is 0 Å². The second-order valence-electron chi connectivity index (χ2n) is 7.27. The summed E-state index contributed by atoms with van der Waals surface area (Å²) in [6.45, 7) is 0.402. The fourth-order valence-corrected chi connectivity index (χ4v) is 4.14. The summed E-state index contributed by atoms with van der Waals surface area (Å²) in [7, 11) is 1.92. The Labute approximate surface area is 136 Å². The Morgan fingerprint density at radius 1 is 1.26 bits per heavy atom. The van der Waals surface area contributed by atoms with Gasteiger partial charge in [-0.15, -0.1) is 0 Å². The second kappa shape index (κ2) is 5.25. The maximum Gasteiger partial charge on any atom is 0.407 e. The van der Waals surface area contributed by atoms with Crippen LogP contribution in [0, 0.1) is 5.92 Å². The number of carbonyl (C=O) groups excluding carboxylic acids is 2. The standard InChI is InChI=1S/C18H22N2O3/c1-20(15-7-13(8-15)12-5-3-2-4-6-12)16(21)14-9-18(10-14)11-23-17(22)19-18/h2-6,13-15H,7-11H2,1H3,(H,19,22)/t13-,14-,15+,18+. The predicted molar refractivity (Wildman–Crippen MR) is 84.9 cm³/mol. The van der Waals surface area contributed by atoms with E-state index in [1.165, 1.54) is 5.56 Å². The van der Waals surface area contributed by atoms with Gasteiger partial charge in [0, 0.05) is 19.0 Å². The Kier molecular flexibility index (Phi) is 3.32. The van der Waals surface area contributed by atoms with Gasteiger partial charge >= 0.3 is 6.09 Å². The van der Waals surface area contributed by atoms with E-state index >= 15 is 0 Å². The Morgan fingerprint density at radius 3 is 2.57 bits per heavy atom. The van der Waals surface area contributed by atoms with Gasteiger partial charge < -0.3 is 15.0 Å². The summed E-state index contributed by atoms with van der Waals surface area (Å²) in [5.41, 5.74) is 1.10. The second-order valence-corrected chi connectivity index (χ2v) is 7.27. The number of benzene rings is 1. The summed E-state index contributed by atoms with van der Waals surface area (Å²) in [5, 5.41) is 2.84. The maximum atomic E-state index is 12.6. The third kappa shape index (κ3) is 2.48. The van der Waals surface area contributed by atoms with Gasteiger partial charge in [0.25, 0.3) is 0 Å². The highest BCUT2D eigenvalue weighted by atomic mass is 16.6. The molecule has 4 rings (SSSR count). The van der Waals surface area contributed by atoms with E-state index in [0.717, 1.165) is 12.8 Å². The van der Waals surface area contributed by atoms with Gasteiger partial charge in [-0.2, -0.15) is 0 Å². The van der Waals surface area contributed by atoms with Crippen LogP contribution in [0.3, 0.4) is 0 Å². The minimum absolute atomic E-state index is 0.0257. The molecule has 1 aromatic carbocycles. The molecule has 0 atom stereocenters. The highest BCUT2D eigenvalue weighted by Gasteiger charge is 2.53. The van der Waals surface area contributed by atoms with E-state index in [4.69, 9.17) is 4.74 Å². The van der Waals surface area contributed by atoms with E-state index in [1.54, 1.807) is 0 Å². The van der Waals surface area contributed by atoms with Crippen LogP contribution in [-0.4, -0.2) is 42.1 Å². The van der Waals surface area contributed by atoms with Gasteiger partial charge in [-0.05, 0) is 37.2 Å². The van der Waals surface area contributed by atoms with Gasteiger partial charge in [0.2, 0.25) is 5.91 Å². The van der Waals surface area contributed by atoms with Crippen molar-refractivity contribution < 1.29 is 14.3 Å². The minimum atomic E-state index is -0.353. The number of alkyl carbamates (subject to hydrolysis) is 1. The lowest BCUT2D eigenvalue weighted by atomic mass is 9.67. The summed E-state index contributed by atoms with van der Waals surface area (Å²) in [6.07, 6.45) is 3.15. The van der Waals surface area contributed by atoms with Gasteiger partial charge in [-0.25, -0.2) is 4.79 Å². The molecule has 1 spiro atoms. The number of cyclic esters (lactones) is 1. The number of nitrogens with zero attached hydrogens (tertiary/aromatic N) is 1. The number of hydrogen-bond acceptors (Lipinski definition) is 3. The molecule has 2 amide bonds. The Balaban J connectivity index is 1.29. The molecule has 3 aliphatic rings. The molecule has 2 saturated carbocycles. The lowest BCUT2D eigenvalue weighted by Crippen LogP contribution is -2.59. The summed E-state index contributed by atoms with van der Waals surface area (Å²) in [4.78, 5) is 25.7. The number of rotatable bonds is 3. The highest BCUT2D eigenvalue weighted by molar-refractivity contribution is 5.81. The quantitative estimate of drug-likeness (QED) is 0.931. The van der Waals surface area contributed by atoms with Crippen LogP contribution in [0.4, 0.5) is 4.79 Å². The first-order chi connectivity index (χ1) is 11.1. The van der Waals surface area contributed by atoms with Crippen molar-refractivity contribution in [3.05, 3.63) is 35.9 Å². The number of nitrogens with one attached hydrogen (secondary N) is 1. The fraction of sp³-hybridized carbons (Fsp3) is 0.556. The molecule has 1 heterocycles. The fourth-order valence-electron chi connectivity index (χ4n) is 4.14. The Bertz CT molecular complexity index is 618. The number of ether oxygens (including phenoxy) is 1. The lowest BCUT2D eigenvalue weighted by Gasteiger charge is -2.47.